The molecule has 6 heteroatoms. The Bertz CT molecular complexity index is 1140. The zero-order valence-corrected chi connectivity index (χ0v) is 18.7. The summed E-state index contributed by atoms with van der Waals surface area (Å²) in [6.07, 6.45) is 11.9. The van der Waals surface area contributed by atoms with Gasteiger partial charge < -0.3 is 15.8 Å². The minimum absolute atomic E-state index is 0.440. The van der Waals surface area contributed by atoms with E-state index in [2.05, 4.69) is 39.7 Å². The SMILES string of the molecule is Cn1cc(-c2cc(-c3ccc(C4CCOCC4)c(C4CC5(CC5)CN4)c3)cnc2N)cn1. The van der Waals surface area contributed by atoms with Crippen LogP contribution in [0.25, 0.3) is 22.3 Å². The number of aromatic nitrogens is 3. The predicted octanol–water partition coefficient (Wildman–Crippen LogP) is 4.44. The van der Waals surface area contributed by atoms with E-state index in [1.807, 2.05) is 25.6 Å². The first-order valence-electron chi connectivity index (χ1n) is 11.8. The van der Waals surface area contributed by atoms with Crippen LogP contribution < -0.4 is 11.1 Å². The fourth-order valence-electron chi connectivity index (χ4n) is 5.56. The first-order chi connectivity index (χ1) is 15.6. The average Bonchev–Trinajstić information content (AvgIpc) is 3.23. The highest BCUT2D eigenvalue weighted by atomic mass is 16.5. The van der Waals surface area contributed by atoms with Crippen LogP contribution >= 0.6 is 0 Å². The van der Waals surface area contributed by atoms with E-state index >= 15 is 0 Å². The maximum absolute atomic E-state index is 6.23. The summed E-state index contributed by atoms with van der Waals surface area (Å²) in [4.78, 5) is 4.52. The smallest absolute Gasteiger partial charge is 0.131 e. The van der Waals surface area contributed by atoms with Gasteiger partial charge in [-0.3, -0.25) is 4.68 Å². The van der Waals surface area contributed by atoms with Gasteiger partial charge in [-0.2, -0.15) is 5.10 Å². The number of nitrogens with two attached hydrogens (primary N) is 1. The molecule has 1 aromatic carbocycles. The van der Waals surface area contributed by atoms with Gasteiger partial charge in [0.05, 0.1) is 6.20 Å². The Morgan fingerprint density at radius 2 is 1.91 bits per heavy atom. The van der Waals surface area contributed by atoms with Crippen LogP contribution in [0.4, 0.5) is 5.82 Å². The summed E-state index contributed by atoms with van der Waals surface area (Å²) < 4.78 is 7.44. The topological polar surface area (TPSA) is 78.0 Å². The van der Waals surface area contributed by atoms with Crippen molar-refractivity contribution in [3.63, 3.8) is 0 Å². The number of nitrogens with zero attached hydrogens (tertiary/aromatic N) is 3. The predicted molar refractivity (Wildman–Crippen MR) is 126 cm³/mol. The second-order valence-corrected chi connectivity index (χ2v) is 9.93. The first-order valence-corrected chi connectivity index (χ1v) is 11.8. The molecule has 1 spiro atoms. The van der Waals surface area contributed by atoms with Crippen molar-refractivity contribution in [3.8, 4) is 22.3 Å². The standard InChI is InChI=1S/C26H31N5O/c1-31-15-20(14-30-31)22-11-19(13-28-25(22)27)18-2-3-21(17-4-8-32-9-5-17)23(10-18)24-12-26(6-7-26)16-29-24/h2-3,10-11,13-15,17,24,29H,4-9,12,16H2,1H3,(H2,27,28). The van der Waals surface area contributed by atoms with Crippen LogP contribution in [0, 0.1) is 5.41 Å². The molecule has 166 valence electrons. The third kappa shape index (κ3) is 3.61. The van der Waals surface area contributed by atoms with Gasteiger partial charge in [0, 0.05) is 61.9 Å². The average molecular weight is 430 g/mol. The van der Waals surface area contributed by atoms with E-state index in [4.69, 9.17) is 10.5 Å². The number of nitrogens with one attached hydrogen (secondary N) is 1. The Labute approximate surface area is 189 Å². The number of rotatable bonds is 4. The van der Waals surface area contributed by atoms with E-state index in [-0.39, 0.29) is 0 Å². The van der Waals surface area contributed by atoms with Gasteiger partial charge in [0.1, 0.15) is 5.82 Å². The Kier molecular flexibility index (Phi) is 4.81. The van der Waals surface area contributed by atoms with E-state index in [0.717, 1.165) is 49.3 Å². The number of ether oxygens (including phenoxy) is 1. The molecule has 4 heterocycles. The zero-order chi connectivity index (χ0) is 21.7. The number of aryl methyl sites for hydroxylation is 1. The fraction of sp³-hybridized carbons (Fsp3) is 0.462. The van der Waals surface area contributed by atoms with Gasteiger partial charge in [-0.1, -0.05) is 12.1 Å². The summed E-state index contributed by atoms with van der Waals surface area (Å²) >= 11 is 0. The number of anilines is 1. The van der Waals surface area contributed by atoms with E-state index in [1.165, 1.54) is 36.0 Å². The lowest BCUT2D eigenvalue weighted by Crippen LogP contribution is -2.20. The number of benzene rings is 1. The van der Waals surface area contributed by atoms with Crippen molar-refractivity contribution in [2.45, 2.75) is 44.1 Å². The lowest BCUT2D eigenvalue weighted by molar-refractivity contribution is 0.0850. The molecular weight excluding hydrogens is 398 g/mol. The highest BCUT2D eigenvalue weighted by Crippen LogP contribution is 2.55. The second-order valence-electron chi connectivity index (χ2n) is 9.93. The Morgan fingerprint density at radius 3 is 2.62 bits per heavy atom. The third-order valence-electron chi connectivity index (χ3n) is 7.71. The molecule has 1 saturated carbocycles. The lowest BCUT2D eigenvalue weighted by atomic mass is 9.83. The normalized spacial score (nSPS) is 22.5. The molecule has 1 atom stereocenters. The Balaban J connectivity index is 1.40. The van der Waals surface area contributed by atoms with Crippen LogP contribution in [0.1, 0.15) is 55.2 Å². The van der Waals surface area contributed by atoms with Crippen molar-refractivity contribution in [2.24, 2.45) is 12.5 Å². The number of hydrogen-bond acceptors (Lipinski definition) is 5. The summed E-state index contributed by atoms with van der Waals surface area (Å²) in [5.41, 5.74) is 14.0. The summed E-state index contributed by atoms with van der Waals surface area (Å²) in [6.45, 7) is 2.89. The maximum atomic E-state index is 6.23. The molecule has 6 nitrogen and oxygen atoms in total. The molecule has 3 N–H and O–H groups in total. The largest absolute Gasteiger partial charge is 0.383 e. The van der Waals surface area contributed by atoms with Crippen molar-refractivity contribution in [1.82, 2.24) is 20.1 Å². The molecular formula is C26H31N5O. The van der Waals surface area contributed by atoms with Crippen LogP contribution in [0.3, 0.4) is 0 Å². The molecule has 3 fully saturated rings. The molecule has 6 rings (SSSR count). The molecule has 3 aliphatic rings. The molecule has 2 aliphatic heterocycles. The maximum Gasteiger partial charge on any atom is 0.131 e. The van der Waals surface area contributed by atoms with Gasteiger partial charge in [0.15, 0.2) is 0 Å². The fourth-order valence-corrected chi connectivity index (χ4v) is 5.56. The minimum atomic E-state index is 0.440. The number of nitrogen functional groups attached to an aromatic ring is 1. The molecule has 3 aromatic rings. The van der Waals surface area contributed by atoms with Crippen molar-refractivity contribution in [1.29, 1.82) is 0 Å². The Hall–Kier alpha value is -2.70. The van der Waals surface area contributed by atoms with Gasteiger partial charge in [0.2, 0.25) is 0 Å². The van der Waals surface area contributed by atoms with E-state index < -0.39 is 0 Å². The third-order valence-corrected chi connectivity index (χ3v) is 7.71. The zero-order valence-electron chi connectivity index (χ0n) is 18.7. The molecule has 2 saturated heterocycles. The molecule has 0 bridgehead atoms. The van der Waals surface area contributed by atoms with E-state index in [9.17, 15) is 0 Å². The number of pyridine rings is 1. The van der Waals surface area contributed by atoms with Crippen molar-refractivity contribution in [3.05, 3.63) is 54.0 Å². The number of hydrogen-bond donors (Lipinski definition) is 2. The van der Waals surface area contributed by atoms with Crippen LogP contribution in [0.2, 0.25) is 0 Å². The van der Waals surface area contributed by atoms with Crippen LogP contribution in [0.5, 0.6) is 0 Å². The highest BCUT2D eigenvalue weighted by molar-refractivity contribution is 5.79. The van der Waals surface area contributed by atoms with Crippen LogP contribution in [-0.2, 0) is 11.8 Å². The van der Waals surface area contributed by atoms with Gasteiger partial charge >= 0.3 is 0 Å². The Morgan fingerprint density at radius 1 is 1.06 bits per heavy atom. The summed E-state index contributed by atoms with van der Waals surface area (Å²) in [7, 11) is 1.92. The molecule has 0 radical (unpaired) electrons. The van der Waals surface area contributed by atoms with Gasteiger partial charge in [-0.05, 0) is 72.3 Å². The van der Waals surface area contributed by atoms with Crippen molar-refractivity contribution < 1.29 is 4.74 Å². The van der Waals surface area contributed by atoms with Crippen LogP contribution in [0.15, 0.2) is 42.9 Å². The van der Waals surface area contributed by atoms with Gasteiger partial charge in [-0.15, -0.1) is 0 Å². The van der Waals surface area contributed by atoms with Crippen molar-refractivity contribution >= 4 is 5.82 Å². The van der Waals surface area contributed by atoms with E-state index in [1.54, 1.807) is 4.68 Å². The summed E-state index contributed by atoms with van der Waals surface area (Å²) in [5.74, 6) is 1.12. The van der Waals surface area contributed by atoms with Crippen LogP contribution in [-0.4, -0.2) is 34.5 Å². The molecule has 0 amide bonds. The molecule has 1 unspecified atom stereocenters. The molecule has 1 aliphatic carbocycles. The summed E-state index contributed by atoms with van der Waals surface area (Å²) in [6, 6.07) is 9.62. The summed E-state index contributed by atoms with van der Waals surface area (Å²) in [5, 5.41) is 8.16. The quantitative estimate of drug-likeness (QED) is 0.641. The monoisotopic (exact) mass is 429 g/mol. The van der Waals surface area contributed by atoms with Gasteiger partial charge in [0.25, 0.3) is 0 Å². The molecule has 32 heavy (non-hydrogen) atoms. The highest BCUT2D eigenvalue weighted by Gasteiger charge is 2.48. The molecule has 2 aromatic heterocycles. The van der Waals surface area contributed by atoms with E-state index in [0.29, 0.717) is 23.2 Å². The van der Waals surface area contributed by atoms with Gasteiger partial charge in [-0.25, -0.2) is 4.98 Å². The first kappa shape index (κ1) is 19.9. The minimum Gasteiger partial charge on any atom is -0.383 e. The second kappa shape index (κ2) is 7.71. The van der Waals surface area contributed by atoms with Crippen molar-refractivity contribution in [2.75, 3.05) is 25.5 Å². The lowest BCUT2D eigenvalue weighted by Gasteiger charge is -2.27.